The van der Waals surface area contributed by atoms with E-state index in [2.05, 4.69) is 5.32 Å². The zero-order valence-electron chi connectivity index (χ0n) is 12.9. The minimum absolute atomic E-state index is 0.227. The monoisotopic (exact) mass is 297 g/mol. The van der Waals surface area contributed by atoms with Crippen LogP contribution < -0.4 is 14.8 Å². The van der Waals surface area contributed by atoms with Crippen LogP contribution in [0.4, 0.5) is 5.69 Å². The van der Waals surface area contributed by atoms with Gasteiger partial charge in [0.05, 0.1) is 19.9 Å². The van der Waals surface area contributed by atoms with Crippen LogP contribution in [0.1, 0.15) is 11.1 Å². The fourth-order valence-electron chi connectivity index (χ4n) is 2.03. The van der Waals surface area contributed by atoms with Crippen molar-refractivity contribution in [1.82, 2.24) is 0 Å². The molecule has 0 aliphatic heterocycles. The first kappa shape index (κ1) is 15.6. The first-order valence-corrected chi connectivity index (χ1v) is 6.90. The normalized spacial score (nSPS) is 10.5. The molecular formula is C18H19NO3. The van der Waals surface area contributed by atoms with Gasteiger partial charge in [0.15, 0.2) is 0 Å². The molecule has 0 aliphatic rings. The van der Waals surface area contributed by atoms with Crippen LogP contribution in [-0.4, -0.2) is 20.1 Å². The Morgan fingerprint density at radius 1 is 1.09 bits per heavy atom. The minimum atomic E-state index is -0.227. The van der Waals surface area contributed by atoms with Crippen molar-refractivity contribution >= 4 is 17.7 Å². The van der Waals surface area contributed by atoms with Crippen molar-refractivity contribution in [1.29, 1.82) is 0 Å². The molecule has 0 saturated heterocycles. The second-order valence-corrected chi connectivity index (χ2v) is 4.75. The smallest absolute Gasteiger partial charge is 0.248 e. The third-order valence-corrected chi connectivity index (χ3v) is 3.27. The molecule has 4 heteroatoms. The van der Waals surface area contributed by atoms with Crippen LogP contribution in [0, 0.1) is 6.92 Å². The van der Waals surface area contributed by atoms with E-state index in [9.17, 15) is 4.79 Å². The summed E-state index contributed by atoms with van der Waals surface area (Å²) in [5.41, 5.74) is 2.70. The van der Waals surface area contributed by atoms with Gasteiger partial charge in [-0.1, -0.05) is 24.3 Å². The van der Waals surface area contributed by atoms with E-state index in [4.69, 9.17) is 9.47 Å². The van der Waals surface area contributed by atoms with E-state index in [0.29, 0.717) is 17.2 Å². The quantitative estimate of drug-likeness (QED) is 0.857. The SMILES string of the molecule is COc1ccc(OC)c(NC(=O)/C=C/c2ccccc2C)c1. The highest BCUT2D eigenvalue weighted by Crippen LogP contribution is 2.28. The number of ether oxygens (including phenoxy) is 2. The fourth-order valence-corrected chi connectivity index (χ4v) is 2.03. The predicted molar refractivity (Wildman–Crippen MR) is 88.4 cm³/mol. The van der Waals surface area contributed by atoms with Gasteiger partial charge in [-0.2, -0.15) is 0 Å². The minimum Gasteiger partial charge on any atom is -0.497 e. The average molecular weight is 297 g/mol. The molecule has 1 N–H and O–H groups in total. The second-order valence-electron chi connectivity index (χ2n) is 4.75. The number of carbonyl (C=O) groups is 1. The van der Waals surface area contributed by atoms with E-state index in [1.807, 2.05) is 31.2 Å². The molecular weight excluding hydrogens is 278 g/mol. The van der Waals surface area contributed by atoms with E-state index in [-0.39, 0.29) is 5.91 Å². The number of methoxy groups -OCH3 is 2. The summed E-state index contributed by atoms with van der Waals surface area (Å²) in [5.74, 6) is 1.01. The largest absolute Gasteiger partial charge is 0.497 e. The molecule has 0 bridgehead atoms. The molecule has 0 radical (unpaired) electrons. The molecule has 0 heterocycles. The number of amides is 1. The fraction of sp³-hybridized carbons (Fsp3) is 0.167. The van der Waals surface area contributed by atoms with E-state index >= 15 is 0 Å². The molecule has 4 nitrogen and oxygen atoms in total. The highest BCUT2D eigenvalue weighted by Gasteiger charge is 2.07. The van der Waals surface area contributed by atoms with E-state index in [1.165, 1.54) is 6.08 Å². The van der Waals surface area contributed by atoms with Gasteiger partial charge in [0.2, 0.25) is 5.91 Å². The van der Waals surface area contributed by atoms with Gasteiger partial charge in [-0.3, -0.25) is 4.79 Å². The first-order valence-electron chi connectivity index (χ1n) is 6.90. The van der Waals surface area contributed by atoms with Crippen molar-refractivity contribution in [3.8, 4) is 11.5 Å². The van der Waals surface area contributed by atoms with Crippen LogP contribution in [0.25, 0.3) is 6.08 Å². The van der Waals surface area contributed by atoms with Crippen molar-refractivity contribution in [2.75, 3.05) is 19.5 Å². The lowest BCUT2D eigenvalue weighted by atomic mass is 10.1. The molecule has 0 spiro atoms. The summed E-state index contributed by atoms with van der Waals surface area (Å²) < 4.78 is 10.4. The molecule has 2 aromatic carbocycles. The molecule has 0 unspecified atom stereocenters. The molecule has 1 amide bonds. The molecule has 0 aliphatic carbocycles. The Kier molecular flexibility index (Phi) is 5.20. The molecule has 114 valence electrons. The van der Waals surface area contributed by atoms with Crippen molar-refractivity contribution in [2.24, 2.45) is 0 Å². The molecule has 2 rings (SSSR count). The van der Waals surface area contributed by atoms with E-state index < -0.39 is 0 Å². The average Bonchev–Trinajstić information content (AvgIpc) is 2.54. The molecule has 2 aromatic rings. The maximum absolute atomic E-state index is 12.1. The highest BCUT2D eigenvalue weighted by molar-refractivity contribution is 6.03. The van der Waals surface area contributed by atoms with E-state index in [0.717, 1.165) is 11.1 Å². The molecule has 0 fully saturated rings. The molecule has 22 heavy (non-hydrogen) atoms. The van der Waals surface area contributed by atoms with Gasteiger partial charge in [-0.25, -0.2) is 0 Å². The Balaban J connectivity index is 2.14. The Labute approximate surface area is 130 Å². The Hall–Kier alpha value is -2.75. The van der Waals surface area contributed by atoms with Gasteiger partial charge in [0.25, 0.3) is 0 Å². The first-order chi connectivity index (χ1) is 10.6. The van der Waals surface area contributed by atoms with Gasteiger partial charge in [0, 0.05) is 12.1 Å². The summed E-state index contributed by atoms with van der Waals surface area (Å²) in [6, 6.07) is 13.1. The van der Waals surface area contributed by atoms with Crippen LogP contribution in [-0.2, 0) is 4.79 Å². The van der Waals surface area contributed by atoms with Crippen LogP contribution >= 0.6 is 0 Å². The van der Waals surface area contributed by atoms with E-state index in [1.54, 1.807) is 38.5 Å². The zero-order chi connectivity index (χ0) is 15.9. The number of benzene rings is 2. The summed E-state index contributed by atoms with van der Waals surface area (Å²) in [6.45, 7) is 2.00. The highest BCUT2D eigenvalue weighted by atomic mass is 16.5. The van der Waals surface area contributed by atoms with Crippen molar-refractivity contribution in [3.05, 3.63) is 59.7 Å². The molecule has 0 atom stereocenters. The lowest BCUT2D eigenvalue weighted by molar-refractivity contribution is -0.111. The Bertz CT molecular complexity index is 692. The summed E-state index contributed by atoms with van der Waals surface area (Å²) >= 11 is 0. The van der Waals surface area contributed by atoms with Crippen LogP contribution in [0.3, 0.4) is 0 Å². The van der Waals surface area contributed by atoms with Crippen LogP contribution in [0.2, 0.25) is 0 Å². The lowest BCUT2D eigenvalue weighted by Crippen LogP contribution is -2.09. The maximum atomic E-state index is 12.1. The van der Waals surface area contributed by atoms with Gasteiger partial charge in [-0.05, 0) is 36.3 Å². The number of hydrogen-bond acceptors (Lipinski definition) is 3. The number of nitrogens with one attached hydrogen (secondary N) is 1. The van der Waals surface area contributed by atoms with Gasteiger partial charge in [0.1, 0.15) is 11.5 Å². The topological polar surface area (TPSA) is 47.6 Å². The molecule has 0 aromatic heterocycles. The summed E-state index contributed by atoms with van der Waals surface area (Å²) in [5, 5.41) is 2.80. The summed E-state index contributed by atoms with van der Waals surface area (Å²) in [4.78, 5) is 12.1. The van der Waals surface area contributed by atoms with Crippen molar-refractivity contribution in [3.63, 3.8) is 0 Å². The number of aryl methyl sites for hydroxylation is 1. The van der Waals surface area contributed by atoms with Crippen LogP contribution in [0.15, 0.2) is 48.5 Å². The number of rotatable bonds is 5. The third kappa shape index (κ3) is 3.88. The zero-order valence-corrected chi connectivity index (χ0v) is 12.9. The molecule has 0 saturated carbocycles. The van der Waals surface area contributed by atoms with Gasteiger partial charge < -0.3 is 14.8 Å². The summed E-state index contributed by atoms with van der Waals surface area (Å²) in [7, 11) is 3.13. The van der Waals surface area contributed by atoms with Gasteiger partial charge in [-0.15, -0.1) is 0 Å². The Morgan fingerprint density at radius 2 is 1.86 bits per heavy atom. The number of anilines is 1. The standard InChI is InChI=1S/C18H19NO3/c1-13-6-4-5-7-14(13)8-11-18(20)19-16-12-15(21-2)9-10-17(16)22-3/h4-12H,1-3H3,(H,19,20)/b11-8+. The Morgan fingerprint density at radius 3 is 2.55 bits per heavy atom. The van der Waals surface area contributed by atoms with Crippen molar-refractivity contribution < 1.29 is 14.3 Å². The maximum Gasteiger partial charge on any atom is 0.248 e. The lowest BCUT2D eigenvalue weighted by Gasteiger charge is -2.10. The van der Waals surface area contributed by atoms with Crippen LogP contribution in [0.5, 0.6) is 11.5 Å². The number of carbonyl (C=O) groups excluding carboxylic acids is 1. The second kappa shape index (κ2) is 7.31. The predicted octanol–water partition coefficient (Wildman–Crippen LogP) is 3.66. The van der Waals surface area contributed by atoms with Gasteiger partial charge >= 0.3 is 0 Å². The van der Waals surface area contributed by atoms with Crippen molar-refractivity contribution in [2.45, 2.75) is 6.92 Å². The summed E-state index contributed by atoms with van der Waals surface area (Å²) in [6.07, 6.45) is 3.29. The number of hydrogen-bond donors (Lipinski definition) is 1. The third-order valence-electron chi connectivity index (χ3n) is 3.27.